The van der Waals surface area contributed by atoms with Crippen molar-refractivity contribution in [1.29, 1.82) is 0 Å². The second-order valence-corrected chi connectivity index (χ2v) is 6.51. The summed E-state index contributed by atoms with van der Waals surface area (Å²) >= 11 is 1.45. The van der Waals surface area contributed by atoms with Crippen molar-refractivity contribution in [3.63, 3.8) is 0 Å². The summed E-state index contributed by atoms with van der Waals surface area (Å²) in [5.41, 5.74) is 1.11. The van der Waals surface area contributed by atoms with Crippen LogP contribution in [0.5, 0.6) is 5.75 Å². The van der Waals surface area contributed by atoms with Crippen molar-refractivity contribution in [3.8, 4) is 5.75 Å². The van der Waals surface area contributed by atoms with Gasteiger partial charge in [-0.15, -0.1) is 11.3 Å². The molecule has 0 unspecified atom stereocenters. The summed E-state index contributed by atoms with van der Waals surface area (Å²) in [6.45, 7) is 4.41. The maximum absolute atomic E-state index is 11.9. The molecular formula is C18H20O4S. The van der Waals surface area contributed by atoms with Gasteiger partial charge < -0.3 is 9.47 Å². The molecule has 0 aliphatic carbocycles. The summed E-state index contributed by atoms with van der Waals surface area (Å²) in [4.78, 5) is 25.3. The van der Waals surface area contributed by atoms with E-state index in [0.29, 0.717) is 11.5 Å². The van der Waals surface area contributed by atoms with Crippen molar-refractivity contribution >= 4 is 23.1 Å². The van der Waals surface area contributed by atoms with Gasteiger partial charge in [0.1, 0.15) is 19.0 Å². The van der Waals surface area contributed by atoms with E-state index < -0.39 is 0 Å². The highest BCUT2D eigenvalue weighted by molar-refractivity contribution is 7.14. The minimum Gasteiger partial charge on any atom is -0.490 e. The Morgan fingerprint density at radius 2 is 1.87 bits per heavy atom. The maximum Gasteiger partial charge on any atom is 0.306 e. The van der Waals surface area contributed by atoms with Crippen LogP contribution in [-0.2, 0) is 9.53 Å². The molecule has 1 heterocycles. The molecule has 0 fully saturated rings. The molecule has 5 heteroatoms. The quantitative estimate of drug-likeness (QED) is 0.417. The Bertz CT molecular complexity index is 675. The van der Waals surface area contributed by atoms with Gasteiger partial charge in [-0.25, -0.2) is 0 Å². The Hall–Kier alpha value is -2.14. The van der Waals surface area contributed by atoms with E-state index in [1.165, 1.54) is 11.3 Å². The number of thiophene rings is 1. The first-order chi connectivity index (χ1) is 11.0. The van der Waals surface area contributed by atoms with Gasteiger partial charge in [-0.3, -0.25) is 9.59 Å². The summed E-state index contributed by atoms with van der Waals surface area (Å²) in [7, 11) is 0. The molecule has 0 amide bonds. The maximum atomic E-state index is 11.9. The normalized spacial score (nSPS) is 10.3. The number of carbonyl (C=O) groups excluding carboxylic acids is 2. The van der Waals surface area contributed by atoms with Crippen molar-refractivity contribution in [1.82, 2.24) is 0 Å². The van der Waals surface area contributed by atoms with Gasteiger partial charge in [0.25, 0.3) is 0 Å². The van der Waals surface area contributed by atoms with E-state index in [0.717, 1.165) is 16.2 Å². The fraction of sp³-hybridized carbons (Fsp3) is 0.333. The molecule has 0 N–H and O–H groups in total. The van der Waals surface area contributed by atoms with Crippen LogP contribution < -0.4 is 4.74 Å². The molecule has 1 aromatic carbocycles. The highest BCUT2D eigenvalue weighted by atomic mass is 32.1. The minimum absolute atomic E-state index is 0.0175. The van der Waals surface area contributed by atoms with Crippen molar-refractivity contribution in [2.45, 2.75) is 26.7 Å². The van der Waals surface area contributed by atoms with Gasteiger partial charge in [0.05, 0.1) is 11.3 Å². The molecule has 0 saturated carbocycles. The highest BCUT2D eigenvalue weighted by Crippen LogP contribution is 2.17. The zero-order valence-electron chi connectivity index (χ0n) is 13.3. The molecular weight excluding hydrogens is 312 g/mol. The molecule has 0 atom stereocenters. The van der Waals surface area contributed by atoms with E-state index in [2.05, 4.69) is 0 Å². The lowest BCUT2D eigenvalue weighted by molar-refractivity contribution is -0.144. The summed E-state index contributed by atoms with van der Waals surface area (Å²) < 4.78 is 10.6. The number of hydrogen-bond donors (Lipinski definition) is 0. The van der Waals surface area contributed by atoms with Crippen LogP contribution in [0.25, 0.3) is 0 Å². The van der Waals surface area contributed by atoms with E-state index >= 15 is 0 Å². The zero-order valence-corrected chi connectivity index (χ0v) is 14.2. The number of benzene rings is 1. The molecule has 2 aromatic rings. The van der Waals surface area contributed by atoms with Gasteiger partial charge in [0.15, 0.2) is 5.78 Å². The predicted octanol–water partition coefficient (Wildman–Crippen LogP) is 3.95. The first-order valence-electron chi connectivity index (χ1n) is 7.49. The molecule has 0 aliphatic rings. The lowest BCUT2D eigenvalue weighted by Gasteiger charge is -2.07. The van der Waals surface area contributed by atoms with Gasteiger partial charge in [0, 0.05) is 11.3 Å². The number of esters is 1. The Morgan fingerprint density at radius 1 is 1.04 bits per heavy atom. The van der Waals surface area contributed by atoms with Gasteiger partial charge in [-0.05, 0) is 43.7 Å². The van der Waals surface area contributed by atoms with Crippen LogP contribution in [0.15, 0.2) is 36.4 Å². The van der Waals surface area contributed by atoms with Crippen molar-refractivity contribution in [3.05, 3.63) is 51.7 Å². The standard InChI is InChI=1S/C18H20O4S/c1-13-4-3-5-15(12-13)21-10-11-22-18(20)9-7-16(19)17-8-6-14(2)23-17/h3-6,8,12H,7,9-11H2,1-2H3. The first kappa shape index (κ1) is 17.2. The van der Waals surface area contributed by atoms with E-state index in [4.69, 9.17) is 9.47 Å². The van der Waals surface area contributed by atoms with E-state index in [1.807, 2.05) is 44.2 Å². The molecule has 0 spiro atoms. The van der Waals surface area contributed by atoms with E-state index in [9.17, 15) is 9.59 Å². The van der Waals surface area contributed by atoms with Crippen LogP contribution in [0.1, 0.15) is 33.0 Å². The number of rotatable bonds is 8. The average Bonchev–Trinajstić information content (AvgIpc) is 2.96. The molecule has 23 heavy (non-hydrogen) atoms. The second kappa shape index (κ2) is 8.48. The number of Topliss-reactive ketones (excluding diaryl/α,β-unsaturated/α-hetero) is 1. The molecule has 122 valence electrons. The molecule has 0 radical (unpaired) electrons. The van der Waals surface area contributed by atoms with Crippen LogP contribution in [-0.4, -0.2) is 25.0 Å². The van der Waals surface area contributed by atoms with Crippen molar-refractivity contribution in [2.75, 3.05) is 13.2 Å². The van der Waals surface area contributed by atoms with E-state index in [1.54, 1.807) is 6.07 Å². The summed E-state index contributed by atoms with van der Waals surface area (Å²) in [6, 6.07) is 11.4. The van der Waals surface area contributed by atoms with Crippen LogP contribution in [0.4, 0.5) is 0 Å². The third kappa shape index (κ3) is 5.87. The monoisotopic (exact) mass is 332 g/mol. The molecule has 2 rings (SSSR count). The zero-order chi connectivity index (χ0) is 16.7. The largest absolute Gasteiger partial charge is 0.490 e. The SMILES string of the molecule is Cc1cccc(OCCOC(=O)CCC(=O)c2ccc(C)s2)c1. The summed E-state index contributed by atoms with van der Waals surface area (Å²) in [6.07, 6.45) is 0.276. The van der Waals surface area contributed by atoms with Gasteiger partial charge in [-0.1, -0.05) is 12.1 Å². The van der Waals surface area contributed by atoms with Gasteiger partial charge >= 0.3 is 5.97 Å². The molecule has 0 bridgehead atoms. The number of hydrogen-bond acceptors (Lipinski definition) is 5. The molecule has 0 saturated heterocycles. The van der Waals surface area contributed by atoms with Crippen LogP contribution in [0.2, 0.25) is 0 Å². The number of ketones is 1. The molecule has 4 nitrogen and oxygen atoms in total. The molecule has 0 aliphatic heterocycles. The van der Waals surface area contributed by atoms with Crippen LogP contribution in [0, 0.1) is 13.8 Å². The second-order valence-electron chi connectivity index (χ2n) is 5.22. The fourth-order valence-corrected chi connectivity index (χ4v) is 2.85. The average molecular weight is 332 g/mol. The fourth-order valence-electron chi connectivity index (χ4n) is 2.02. The lowest BCUT2D eigenvalue weighted by Crippen LogP contribution is -2.13. The van der Waals surface area contributed by atoms with Crippen molar-refractivity contribution < 1.29 is 19.1 Å². The van der Waals surface area contributed by atoms with Crippen molar-refractivity contribution in [2.24, 2.45) is 0 Å². The smallest absolute Gasteiger partial charge is 0.306 e. The van der Waals surface area contributed by atoms with Crippen LogP contribution in [0.3, 0.4) is 0 Å². The Balaban J connectivity index is 1.62. The number of ether oxygens (including phenoxy) is 2. The first-order valence-corrected chi connectivity index (χ1v) is 8.31. The topological polar surface area (TPSA) is 52.6 Å². The van der Waals surface area contributed by atoms with Gasteiger partial charge in [-0.2, -0.15) is 0 Å². The lowest BCUT2D eigenvalue weighted by atomic mass is 10.2. The highest BCUT2D eigenvalue weighted by Gasteiger charge is 2.11. The third-order valence-corrected chi connectivity index (χ3v) is 4.22. The number of carbonyl (C=O) groups is 2. The summed E-state index contributed by atoms with van der Waals surface area (Å²) in [5, 5.41) is 0. The summed E-state index contributed by atoms with van der Waals surface area (Å²) in [5.74, 6) is 0.361. The Labute approximate surface area is 140 Å². The Kier molecular flexibility index (Phi) is 6.35. The minimum atomic E-state index is -0.375. The van der Waals surface area contributed by atoms with Crippen LogP contribution >= 0.6 is 11.3 Å². The van der Waals surface area contributed by atoms with E-state index in [-0.39, 0.29) is 31.2 Å². The third-order valence-electron chi connectivity index (χ3n) is 3.18. The molecule has 1 aromatic heterocycles. The number of aryl methyl sites for hydroxylation is 2. The van der Waals surface area contributed by atoms with Gasteiger partial charge in [0.2, 0.25) is 0 Å². The predicted molar refractivity (Wildman–Crippen MR) is 90.3 cm³/mol. The Morgan fingerprint density at radius 3 is 2.57 bits per heavy atom.